The summed E-state index contributed by atoms with van der Waals surface area (Å²) in [6.07, 6.45) is 1.47. The zero-order chi connectivity index (χ0) is 34.4. The molecular formula is C37H43N3O6. The molecule has 0 unspecified atom stereocenters. The first-order chi connectivity index (χ1) is 21.8. The van der Waals surface area contributed by atoms with Crippen molar-refractivity contribution in [3.63, 3.8) is 0 Å². The number of aromatic amines is 1. The molecular weight excluding hydrogens is 582 g/mol. The molecule has 2 aromatic heterocycles. The third-order valence-corrected chi connectivity index (χ3v) is 6.42. The lowest BCUT2D eigenvalue weighted by atomic mass is 10.0. The number of ether oxygens (including phenoxy) is 2. The number of nitrogens with zero attached hydrogens (tertiary/aromatic N) is 2. The summed E-state index contributed by atoms with van der Waals surface area (Å²) in [5.41, 5.74) is 3.52. The lowest BCUT2D eigenvalue weighted by Crippen LogP contribution is -2.24. The van der Waals surface area contributed by atoms with E-state index in [0.29, 0.717) is 34.5 Å². The van der Waals surface area contributed by atoms with Gasteiger partial charge >= 0.3 is 11.9 Å². The Hall–Kier alpha value is -5.23. The first-order valence-electron chi connectivity index (χ1n) is 15.1. The first-order valence-corrected chi connectivity index (χ1v) is 15.1. The fourth-order valence-electron chi connectivity index (χ4n) is 4.69. The maximum atomic E-state index is 12.7. The molecule has 4 aromatic rings. The molecule has 0 aliphatic heterocycles. The number of esters is 2. The summed E-state index contributed by atoms with van der Waals surface area (Å²) in [6, 6.07) is 23.8. The van der Waals surface area contributed by atoms with E-state index in [1.165, 1.54) is 20.8 Å². The third kappa shape index (κ3) is 11.0. The summed E-state index contributed by atoms with van der Waals surface area (Å²) in [4.78, 5) is 50.7. The normalized spacial score (nSPS) is 10.2. The van der Waals surface area contributed by atoms with Gasteiger partial charge in [0.15, 0.2) is 0 Å². The topological polar surface area (TPSA) is 131 Å². The van der Waals surface area contributed by atoms with E-state index in [1.54, 1.807) is 29.8 Å². The van der Waals surface area contributed by atoms with E-state index in [4.69, 9.17) is 14.7 Å². The second-order valence-electron chi connectivity index (χ2n) is 11.4. The first kappa shape index (κ1) is 37.0. The minimum atomic E-state index is -0.437. The zero-order valence-corrected chi connectivity index (χ0v) is 27.8. The Morgan fingerprint density at radius 3 is 1.65 bits per heavy atom. The molecule has 0 amide bonds. The average Bonchev–Trinajstić information content (AvgIpc) is 2.96. The minimum absolute atomic E-state index is 0.152. The van der Waals surface area contributed by atoms with Crippen LogP contribution in [0.1, 0.15) is 59.9 Å². The largest absolute Gasteiger partial charge is 0.426 e. The number of hydrogen-bond acceptors (Lipinski definition) is 7. The predicted octanol–water partition coefficient (Wildman–Crippen LogP) is 6.87. The van der Waals surface area contributed by atoms with E-state index >= 15 is 0 Å². The Labute approximate surface area is 270 Å². The van der Waals surface area contributed by atoms with Crippen molar-refractivity contribution in [3.05, 3.63) is 105 Å². The maximum Gasteiger partial charge on any atom is 0.308 e. The van der Waals surface area contributed by atoms with Crippen LogP contribution in [0.4, 0.5) is 0 Å². The smallest absolute Gasteiger partial charge is 0.308 e. The monoisotopic (exact) mass is 625 g/mol. The number of rotatable bonds is 8. The summed E-state index contributed by atoms with van der Waals surface area (Å²) in [6.45, 7) is 12.4. The molecule has 9 heteroatoms. The number of hydrogen-bond donors (Lipinski definition) is 1. The Morgan fingerprint density at radius 2 is 1.22 bits per heavy atom. The molecule has 2 heterocycles. The van der Waals surface area contributed by atoms with Gasteiger partial charge in [-0.15, -0.1) is 0 Å². The second-order valence-corrected chi connectivity index (χ2v) is 11.4. The molecule has 0 aliphatic carbocycles. The van der Waals surface area contributed by atoms with Crippen LogP contribution in [0.3, 0.4) is 0 Å². The molecule has 1 N–H and O–H groups in total. The maximum absolute atomic E-state index is 12.7. The van der Waals surface area contributed by atoms with Crippen molar-refractivity contribution in [2.24, 2.45) is 18.9 Å². The Bertz CT molecular complexity index is 1770. The van der Waals surface area contributed by atoms with Crippen molar-refractivity contribution in [3.8, 4) is 39.8 Å². The van der Waals surface area contributed by atoms with Gasteiger partial charge in [0.25, 0.3) is 11.1 Å². The van der Waals surface area contributed by atoms with Crippen molar-refractivity contribution in [2.75, 3.05) is 0 Å². The van der Waals surface area contributed by atoms with E-state index in [0.717, 1.165) is 35.4 Å². The molecule has 0 saturated carbocycles. The van der Waals surface area contributed by atoms with Gasteiger partial charge in [0, 0.05) is 51.3 Å². The number of benzene rings is 2. The highest BCUT2D eigenvalue weighted by atomic mass is 16.5. The highest BCUT2D eigenvalue weighted by molar-refractivity contribution is 5.77. The number of carbonyl (C=O) groups is 2. The van der Waals surface area contributed by atoms with E-state index < -0.39 is 11.9 Å². The standard InChI is InChI=1S/C18H21NO3.C17H19NO3.C2H3N/c1-12(2)10-15-11-16(22-13(3)20)17(18(21)19(15)4)14-8-6-5-7-9-14;1-11(2)9-14-10-15(21-12(3)19)16(17(20)18-14)13-7-5-4-6-8-13;1-2-3/h5-9,11-12H,10H2,1-4H3;4-8,10-11H,9H2,1-3H3,(H,18,20);1H3. The van der Waals surface area contributed by atoms with Gasteiger partial charge in [-0.25, -0.2) is 0 Å². The predicted molar refractivity (Wildman–Crippen MR) is 181 cm³/mol. The SMILES string of the molecule is CC#N.CC(=O)Oc1cc(CC(C)C)[nH]c(=O)c1-c1ccccc1.CC(=O)Oc1cc(CC(C)C)n(C)c(=O)c1-c1ccccc1. The highest BCUT2D eigenvalue weighted by Crippen LogP contribution is 2.29. The molecule has 0 bridgehead atoms. The van der Waals surface area contributed by atoms with Gasteiger partial charge in [0.05, 0.1) is 17.2 Å². The van der Waals surface area contributed by atoms with Crippen LogP contribution in [-0.2, 0) is 29.5 Å². The third-order valence-electron chi connectivity index (χ3n) is 6.42. The van der Waals surface area contributed by atoms with Gasteiger partial charge in [0.2, 0.25) is 0 Å². The van der Waals surface area contributed by atoms with Gasteiger partial charge in [-0.05, 0) is 35.8 Å². The number of pyridine rings is 2. The van der Waals surface area contributed by atoms with E-state index in [9.17, 15) is 19.2 Å². The van der Waals surface area contributed by atoms with Gasteiger partial charge in [-0.1, -0.05) is 88.4 Å². The van der Waals surface area contributed by atoms with Crippen molar-refractivity contribution < 1.29 is 19.1 Å². The number of aromatic nitrogens is 2. The molecule has 0 atom stereocenters. The number of nitriles is 1. The number of carbonyl (C=O) groups excluding carboxylic acids is 2. The van der Waals surface area contributed by atoms with Crippen LogP contribution in [0.2, 0.25) is 0 Å². The van der Waals surface area contributed by atoms with Crippen molar-refractivity contribution >= 4 is 11.9 Å². The summed E-state index contributed by atoms with van der Waals surface area (Å²) >= 11 is 0. The molecule has 2 aromatic carbocycles. The lowest BCUT2D eigenvalue weighted by molar-refractivity contribution is -0.132. The second kappa shape index (κ2) is 17.9. The van der Waals surface area contributed by atoms with Gasteiger partial charge < -0.3 is 19.0 Å². The molecule has 9 nitrogen and oxygen atoms in total. The van der Waals surface area contributed by atoms with E-state index in [-0.39, 0.29) is 11.1 Å². The minimum Gasteiger partial charge on any atom is -0.426 e. The number of nitrogens with one attached hydrogen (secondary N) is 1. The molecule has 0 saturated heterocycles. The van der Waals surface area contributed by atoms with E-state index in [1.807, 2.05) is 60.7 Å². The summed E-state index contributed by atoms with van der Waals surface area (Å²) in [7, 11) is 1.75. The summed E-state index contributed by atoms with van der Waals surface area (Å²) in [5.74, 6) is 0.575. The van der Waals surface area contributed by atoms with Gasteiger partial charge in [-0.2, -0.15) is 5.26 Å². The van der Waals surface area contributed by atoms with Crippen LogP contribution in [0.5, 0.6) is 11.5 Å². The zero-order valence-electron chi connectivity index (χ0n) is 27.8. The summed E-state index contributed by atoms with van der Waals surface area (Å²) in [5, 5.41) is 7.32. The van der Waals surface area contributed by atoms with Crippen molar-refractivity contribution in [1.29, 1.82) is 5.26 Å². The fraction of sp³-hybridized carbons (Fsp3) is 0.324. The van der Waals surface area contributed by atoms with Crippen LogP contribution in [0.15, 0.2) is 82.4 Å². The number of H-pyrrole nitrogens is 1. The molecule has 0 spiro atoms. The molecule has 0 fully saturated rings. The van der Waals surface area contributed by atoms with Crippen LogP contribution in [-0.4, -0.2) is 21.5 Å². The van der Waals surface area contributed by atoms with Crippen molar-refractivity contribution in [2.45, 2.75) is 61.3 Å². The van der Waals surface area contributed by atoms with Gasteiger partial charge in [0.1, 0.15) is 11.5 Å². The average molecular weight is 626 g/mol. The van der Waals surface area contributed by atoms with Crippen molar-refractivity contribution in [1.82, 2.24) is 9.55 Å². The lowest BCUT2D eigenvalue weighted by Gasteiger charge is -2.16. The highest BCUT2D eigenvalue weighted by Gasteiger charge is 2.18. The fourth-order valence-corrected chi connectivity index (χ4v) is 4.69. The molecule has 4 rings (SSSR count). The quantitative estimate of drug-likeness (QED) is 0.211. The Morgan fingerprint density at radius 1 is 0.783 bits per heavy atom. The van der Waals surface area contributed by atoms with Crippen LogP contribution in [0, 0.1) is 23.2 Å². The van der Waals surface area contributed by atoms with Gasteiger partial charge in [-0.3, -0.25) is 19.2 Å². The Balaban J connectivity index is 0.000000295. The molecule has 0 aliphatic rings. The molecule has 242 valence electrons. The summed E-state index contributed by atoms with van der Waals surface area (Å²) < 4.78 is 12.2. The van der Waals surface area contributed by atoms with Crippen LogP contribution < -0.4 is 20.6 Å². The Kier molecular flexibility index (Phi) is 14.4. The molecule has 0 radical (unpaired) electrons. The van der Waals surface area contributed by atoms with Crippen LogP contribution >= 0.6 is 0 Å². The molecule has 46 heavy (non-hydrogen) atoms. The van der Waals surface area contributed by atoms with E-state index in [2.05, 4.69) is 32.7 Å². The van der Waals surface area contributed by atoms with Crippen LogP contribution in [0.25, 0.3) is 22.3 Å².